The summed E-state index contributed by atoms with van der Waals surface area (Å²) in [5.74, 6) is -1.63. The van der Waals surface area contributed by atoms with Crippen molar-refractivity contribution in [2.75, 3.05) is 4.72 Å². The number of sulfonamides is 1. The van der Waals surface area contributed by atoms with Gasteiger partial charge < -0.3 is 5.11 Å². The van der Waals surface area contributed by atoms with Crippen LogP contribution in [0.25, 0.3) is 0 Å². The summed E-state index contributed by atoms with van der Waals surface area (Å²) in [4.78, 5) is 10.6. The van der Waals surface area contributed by atoms with E-state index in [9.17, 15) is 17.6 Å². The second-order valence-corrected chi connectivity index (χ2v) is 5.62. The SMILES string of the molecule is O=C(O)c1ccc(NS(=O)(=O)c2ccc(F)cc2)cc1. The van der Waals surface area contributed by atoms with E-state index in [0.717, 1.165) is 24.3 Å². The maximum atomic E-state index is 12.8. The van der Waals surface area contributed by atoms with Crippen LogP contribution in [0.5, 0.6) is 0 Å². The lowest BCUT2D eigenvalue weighted by atomic mass is 10.2. The first-order chi connectivity index (χ1) is 9.38. The molecule has 0 aromatic heterocycles. The predicted molar refractivity (Wildman–Crippen MR) is 70.6 cm³/mol. The number of aromatic carboxylic acids is 1. The van der Waals surface area contributed by atoms with Gasteiger partial charge >= 0.3 is 5.97 Å². The van der Waals surface area contributed by atoms with Crippen LogP contribution in [0.2, 0.25) is 0 Å². The molecule has 0 saturated carbocycles. The van der Waals surface area contributed by atoms with Crippen molar-refractivity contribution in [1.29, 1.82) is 0 Å². The predicted octanol–water partition coefficient (Wildman–Crippen LogP) is 2.32. The smallest absolute Gasteiger partial charge is 0.335 e. The van der Waals surface area contributed by atoms with E-state index < -0.39 is 21.8 Å². The van der Waals surface area contributed by atoms with Gasteiger partial charge in [-0.05, 0) is 48.5 Å². The second kappa shape index (κ2) is 5.30. The number of halogens is 1. The summed E-state index contributed by atoms with van der Waals surface area (Å²) in [5.41, 5.74) is 0.272. The molecule has 104 valence electrons. The average molecular weight is 295 g/mol. The van der Waals surface area contributed by atoms with Crippen molar-refractivity contribution in [1.82, 2.24) is 0 Å². The number of hydrogen-bond donors (Lipinski definition) is 2. The summed E-state index contributed by atoms with van der Waals surface area (Å²) < 4.78 is 39.0. The van der Waals surface area contributed by atoms with E-state index >= 15 is 0 Å². The van der Waals surface area contributed by atoms with Gasteiger partial charge in [-0.3, -0.25) is 4.72 Å². The first-order valence-electron chi connectivity index (χ1n) is 5.50. The van der Waals surface area contributed by atoms with E-state index in [1.54, 1.807) is 0 Å². The quantitative estimate of drug-likeness (QED) is 0.906. The van der Waals surface area contributed by atoms with E-state index in [1.165, 1.54) is 24.3 Å². The Kier molecular flexibility index (Phi) is 3.71. The highest BCUT2D eigenvalue weighted by Gasteiger charge is 2.14. The molecule has 0 heterocycles. The van der Waals surface area contributed by atoms with Crippen LogP contribution in [0, 0.1) is 5.82 Å². The number of carboxylic acids is 1. The zero-order valence-corrected chi connectivity index (χ0v) is 10.9. The molecule has 2 rings (SSSR count). The number of nitrogens with one attached hydrogen (secondary N) is 1. The first kappa shape index (κ1) is 14.0. The van der Waals surface area contributed by atoms with Crippen LogP contribution in [0.4, 0.5) is 10.1 Å². The Labute approximate surface area is 114 Å². The summed E-state index contributed by atoms with van der Waals surface area (Å²) in [7, 11) is -3.83. The number of anilines is 1. The van der Waals surface area contributed by atoms with Gasteiger partial charge in [0.15, 0.2) is 0 Å². The van der Waals surface area contributed by atoms with E-state index in [1.807, 2.05) is 0 Å². The molecule has 2 aromatic rings. The highest BCUT2D eigenvalue weighted by Crippen LogP contribution is 2.17. The van der Waals surface area contributed by atoms with E-state index in [2.05, 4.69) is 4.72 Å². The van der Waals surface area contributed by atoms with Crippen LogP contribution in [-0.2, 0) is 10.0 Å². The van der Waals surface area contributed by atoms with Crippen LogP contribution >= 0.6 is 0 Å². The topological polar surface area (TPSA) is 83.5 Å². The number of hydrogen-bond acceptors (Lipinski definition) is 3. The van der Waals surface area contributed by atoms with Gasteiger partial charge in [0.1, 0.15) is 5.82 Å². The van der Waals surface area contributed by atoms with Crippen molar-refractivity contribution >= 4 is 21.7 Å². The fourth-order valence-corrected chi connectivity index (χ4v) is 2.57. The van der Waals surface area contributed by atoms with Gasteiger partial charge in [-0.1, -0.05) is 0 Å². The number of rotatable bonds is 4. The molecule has 5 nitrogen and oxygen atoms in total. The minimum atomic E-state index is -3.83. The molecule has 0 fully saturated rings. The summed E-state index contributed by atoms with van der Waals surface area (Å²) >= 11 is 0. The van der Waals surface area contributed by atoms with Gasteiger partial charge in [0, 0.05) is 5.69 Å². The maximum absolute atomic E-state index is 12.8. The highest BCUT2D eigenvalue weighted by atomic mass is 32.2. The van der Waals surface area contributed by atoms with Crippen molar-refractivity contribution < 1.29 is 22.7 Å². The van der Waals surface area contributed by atoms with E-state index in [4.69, 9.17) is 5.11 Å². The largest absolute Gasteiger partial charge is 0.478 e. The average Bonchev–Trinajstić information content (AvgIpc) is 2.39. The second-order valence-electron chi connectivity index (χ2n) is 3.94. The van der Waals surface area contributed by atoms with Gasteiger partial charge in [-0.2, -0.15) is 0 Å². The summed E-state index contributed by atoms with van der Waals surface area (Å²) in [6, 6.07) is 9.61. The number of carbonyl (C=O) groups is 1. The molecule has 2 aromatic carbocycles. The molecule has 0 aliphatic heterocycles. The Bertz CT molecular complexity index is 724. The van der Waals surface area contributed by atoms with Crippen molar-refractivity contribution in [3.63, 3.8) is 0 Å². The van der Waals surface area contributed by atoms with Crippen molar-refractivity contribution in [2.24, 2.45) is 0 Å². The molecule has 0 radical (unpaired) electrons. The minimum absolute atomic E-state index is 0.0507. The Balaban J connectivity index is 2.24. The molecule has 0 amide bonds. The number of carboxylic acid groups (broad SMARTS) is 1. The maximum Gasteiger partial charge on any atom is 0.335 e. The minimum Gasteiger partial charge on any atom is -0.478 e. The molecule has 0 spiro atoms. The van der Waals surface area contributed by atoms with E-state index in [-0.39, 0.29) is 16.1 Å². The Morgan fingerprint density at radius 2 is 1.55 bits per heavy atom. The molecule has 0 saturated heterocycles. The van der Waals surface area contributed by atoms with Crippen molar-refractivity contribution in [3.8, 4) is 0 Å². The summed E-state index contributed by atoms with van der Waals surface area (Å²) in [5, 5.41) is 8.74. The third-order valence-electron chi connectivity index (χ3n) is 2.51. The molecule has 0 bridgehead atoms. The normalized spacial score (nSPS) is 11.1. The fourth-order valence-electron chi connectivity index (χ4n) is 1.51. The first-order valence-corrected chi connectivity index (χ1v) is 6.98. The van der Waals surface area contributed by atoms with E-state index in [0.29, 0.717) is 0 Å². The molecule has 2 N–H and O–H groups in total. The molecular formula is C13H10FNO4S. The summed E-state index contributed by atoms with van der Waals surface area (Å²) in [6.45, 7) is 0. The zero-order chi connectivity index (χ0) is 14.8. The molecule has 7 heteroatoms. The Hall–Kier alpha value is -2.41. The van der Waals surface area contributed by atoms with Crippen LogP contribution in [0.15, 0.2) is 53.4 Å². The molecule has 0 unspecified atom stereocenters. The van der Waals surface area contributed by atoms with Gasteiger partial charge in [-0.25, -0.2) is 17.6 Å². The lowest BCUT2D eigenvalue weighted by Crippen LogP contribution is -2.13. The fraction of sp³-hybridized carbons (Fsp3) is 0. The third-order valence-corrected chi connectivity index (χ3v) is 3.91. The Morgan fingerprint density at radius 3 is 2.05 bits per heavy atom. The zero-order valence-electron chi connectivity index (χ0n) is 10.1. The molecule has 0 atom stereocenters. The third kappa shape index (κ3) is 3.12. The standard InChI is InChI=1S/C13H10FNO4S/c14-10-3-7-12(8-4-10)20(18,19)15-11-5-1-9(2-6-11)13(16)17/h1-8,15H,(H,16,17). The summed E-state index contributed by atoms with van der Waals surface area (Å²) in [6.07, 6.45) is 0. The van der Waals surface area contributed by atoms with Crippen molar-refractivity contribution in [3.05, 3.63) is 59.9 Å². The molecule has 20 heavy (non-hydrogen) atoms. The van der Waals surface area contributed by atoms with Gasteiger partial charge in [-0.15, -0.1) is 0 Å². The van der Waals surface area contributed by atoms with Gasteiger partial charge in [0.2, 0.25) is 0 Å². The van der Waals surface area contributed by atoms with Crippen LogP contribution < -0.4 is 4.72 Å². The van der Waals surface area contributed by atoms with Crippen LogP contribution in [0.3, 0.4) is 0 Å². The Morgan fingerprint density at radius 1 is 1.00 bits per heavy atom. The highest BCUT2D eigenvalue weighted by molar-refractivity contribution is 7.92. The molecular weight excluding hydrogens is 285 g/mol. The van der Waals surface area contributed by atoms with Gasteiger partial charge in [0.25, 0.3) is 10.0 Å². The lowest BCUT2D eigenvalue weighted by Gasteiger charge is -2.08. The molecule has 0 aliphatic rings. The van der Waals surface area contributed by atoms with Gasteiger partial charge in [0.05, 0.1) is 10.5 Å². The molecule has 0 aliphatic carbocycles. The monoisotopic (exact) mass is 295 g/mol. The van der Waals surface area contributed by atoms with Crippen LogP contribution in [0.1, 0.15) is 10.4 Å². The van der Waals surface area contributed by atoms with Crippen LogP contribution in [-0.4, -0.2) is 19.5 Å². The van der Waals surface area contributed by atoms with Crippen molar-refractivity contribution in [2.45, 2.75) is 4.90 Å². The lowest BCUT2D eigenvalue weighted by molar-refractivity contribution is 0.0697. The number of benzene rings is 2.